The molecule has 0 radical (unpaired) electrons. The first kappa shape index (κ1) is 21.6. The molecule has 27 heavy (non-hydrogen) atoms. The Morgan fingerprint density at radius 3 is 2.81 bits per heavy atom. The summed E-state index contributed by atoms with van der Waals surface area (Å²) in [6.07, 6.45) is 2.72. The van der Waals surface area contributed by atoms with Gasteiger partial charge < -0.3 is 25.6 Å². The number of amides is 1. The highest BCUT2D eigenvalue weighted by atomic mass is 16.5. The van der Waals surface area contributed by atoms with Crippen LogP contribution in [0.1, 0.15) is 31.2 Å². The maximum absolute atomic E-state index is 11.6. The van der Waals surface area contributed by atoms with Gasteiger partial charge in [-0.2, -0.15) is 0 Å². The van der Waals surface area contributed by atoms with Crippen molar-refractivity contribution in [1.29, 1.82) is 0 Å². The number of ether oxygens (including phenoxy) is 1. The third-order valence-electron chi connectivity index (χ3n) is 4.59. The zero-order valence-electron chi connectivity index (χ0n) is 16.0. The van der Waals surface area contributed by atoms with Gasteiger partial charge >= 0.3 is 0 Å². The second-order valence-electron chi connectivity index (χ2n) is 6.93. The van der Waals surface area contributed by atoms with E-state index >= 15 is 0 Å². The average molecular weight is 380 g/mol. The lowest BCUT2D eigenvalue weighted by Gasteiger charge is -2.29. The van der Waals surface area contributed by atoms with Crippen LogP contribution >= 0.6 is 0 Å². The van der Waals surface area contributed by atoms with Crippen LogP contribution in [0.5, 0.6) is 5.75 Å². The minimum Gasteiger partial charge on any atom is -0.494 e. The van der Waals surface area contributed by atoms with Gasteiger partial charge in [-0.1, -0.05) is 12.1 Å². The molecule has 0 atom stereocenters. The van der Waals surface area contributed by atoms with Gasteiger partial charge in [0.25, 0.3) is 0 Å². The molecule has 1 aromatic carbocycles. The second-order valence-corrected chi connectivity index (χ2v) is 6.93. The van der Waals surface area contributed by atoms with Crippen LogP contribution in [-0.4, -0.2) is 73.1 Å². The summed E-state index contributed by atoms with van der Waals surface area (Å²) in [6.45, 7) is 5.07. The first-order valence-corrected chi connectivity index (χ1v) is 9.88. The topological polar surface area (TPSA) is 94.1 Å². The van der Waals surface area contributed by atoms with E-state index in [1.165, 1.54) is 5.56 Å². The van der Waals surface area contributed by atoms with Gasteiger partial charge in [-0.15, -0.1) is 0 Å². The maximum Gasteiger partial charge on any atom is 0.221 e. The van der Waals surface area contributed by atoms with E-state index in [9.17, 15) is 9.90 Å². The van der Waals surface area contributed by atoms with Crippen LogP contribution in [0.25, 0.3) is 0 Å². The van der Waals surface area contributed by atoms with Gasteiger partial charge in [-0.05, 0) is 37.0 Å². The highest BCUT2D eigenvalue weighted by Gasteiger charge is 2.16. The maximum atomic E-state index is 11.6. The summed E-state index contributed by atoms with van der Waals surface area (Å²) >= 11 is 0. The molecule has 7 nitrogen and oxygen atoms in total. The van der Waals surface area contributed by atoms with Crippen molar-refractivity contribution in [2.45, 2.75) is 38.3 Å². The Morgan fingerprint density at radius 2 is 2.04 bits per heavy atom. The van der Waals surface area contributed by atoms with Gasteiger partial charge in [0, 0.05) is 45.7 Å². The van der Waals surface area contributed by atoms with E-state index in [1.54, 1.807) is 0 Å². The van der Waals surface area contributed by atoms with Crippen LogP contribution in [0.3, 0.4) is 0 Å². The molecule has 0 saturated carbocycles. The summed E-state index contributed by atoms with van der Waals surface area (Å²) in [5, 5.41) is 24.1. The number of nitrogens with zero attached hydrogens (tertiary/aromatic N) is 1. The van der Waals surface area contributed by atoms with Gasteiger partial charge in [-0.3, -0.25) is 9.69 Å². The molecule has 152 valence electrons. The fourth-order valence-corrected chi connectivity index (χ4v) is 3.05. The van der Waals surface area contributed by atoms with Crippen molar-refractivity contribution < 1.29 is 19.7 Å². The van der Waals surface area contributed by atoms with Gasteiger partial charge in [-0.25, -0.2) is 0 Å². The monoisotopic (exact) mass is 379 g/mol. The number of nitrogens with one attached hydrogen (secondary N) is 2. The summed E-state index contributed by atoms with van der Waals surface area (Å²) in [7, 11) is 0. The third-order valence-corrected chi connectivity index (χ3v) is 4.59. The number of carbonyl (C=O) groups excluding carboxylic acids is 1. The Kier molecular flexibility index (Phi) is 10.1. The van der Waals surface area contributed by atoms with Gasteiger partial charge in [0.2, 0.25) is 5.91 Å². The normalized spacial score (nSPS) is 15.6. The molecular weight excluding hydrogens is 346 g/mol. The lowest BCUT2D eigenvalue weighted by atomic mass is 10.1. The highest BCUT2D eigenvalue weighted by molar-refractivity contribution is 5.75. The highest BCUT2D eigenvalue weighted by Crippen LogP contribution is 2.18. The van der Waals surface area contributed by atoms with Crippen LogP contribution in [0.15, 0.2) is 24.3 Å². The number of hydrogen-bond acceptors (Lipinski definition) is 6. The number of aliphatic hydroxyl groups is 2. The average Bonchev–Trinajstić information content (AvgIpc) is 2.67. The van der Waals surface area contributed by atoms with Gasteiger partial charge in [0.15, 0.2) is 0 Å². The number of benzene rings is 1. The molecule has 1 aliphatic heterocycles. The first-order valence-electron chi connectivity index (χ1n) is 9.88. The summed E-state index contributed by atoms with van der Waals surface area (Å²) in [5.74, 6) is 0.859. The second kappa shape index (κ2) is 12.7. The van der Waals surface area contributed by atoms with E-state index in [0.717, 1.165) is 44.6 Å². The van der Waals surface area contributed by atoms with Gasteiger partial charge in [0.1, 0.15) is 5.75 Å². The molecule has 1 aliphatic rings. The molecule has 4 N–H and O–H groups in total. The molecule has 0 aromatic heterocycles. The number of rotatable bonds is 12. The number of piperidine rings is 1. The van der Waals surface area contributed by atoms with Crippen molar-refractivity contribution in [3.8, 4) is 5.75 Å². The summed E-state index contributed by atoms with van der Waals surface area (Å²) in [4.78, 5) is 14.0. The molecule has 0 aliphatic carbocycles. The molecule has 0 unspecified atom stereocenters. The third kappa shape index (κ3) is 9.19. The van der Waals surface area contributed by atoms with Crippen LogP contribution in [0, 0.1) is 0 Å². The number of carbonyl (C=O) groups is 1. The molecule has 0 bridgehead atoms. The SMILES string of the molecule is O=C(CCNCCO)NCCCOc1cccc(CN2CCC(O)CC2)c1. The summed E-state index contributed by atoms with van der Waals surface area (Å²) in [6, 6.07) is 8.12. The minimum atomic E-state index is -0.145. The fraction of sp³-hybridized carbons (Fsp3) is 0.650. The van der Waals surface area contributed by atoms with E-state index < -0.39 is 0 Å². The molecule has 1 amide bonds. The Balaban J connectivity index is 1.58. The first-order chi connectivity index (χ1) is 13.2. The molecular formula is C20H33N3O4. The number of hydrogen-bond donors (Lipinski definition) is 4. The molecule has 1 fully saturated rings. The zero-order valence-corrected chi connectivity index (χ0v) is 16.0. The molecule has 1 heterocycles. The van der Waals surface area contributed by atoms with Crippen molar-refractivity contribution in [3.05, 3.63) is 29.8 Å². The zero-order chi connectivity index (χ0) is 19.3. The number of aliphatic hydroxyl groups excluding tert-OH is 2. The van der Waals surface area contributed by atoms with Crippen LogP contribution in [-0.2, 0) is 11.3 Å². The predicted molar refractivity (Wildman–Crippen MR) is 105 cm³/mol. The van der Waals surface area contributed by atoms with E-state index in [4.69, 9.17) is 9.84 Å². The Hall–Kier alpha value is -1.67. The number of likely N-dealkylation sites (tertiary alicyclic amines) is 1. The molecule has 2 rings (SSSR count). The van der Waals surface area contributed by atoms with Crippen LogP contribution < -0.4 is 15.4 Å². The Morgan fingerprint density at radius 1 is 1.22 bits per heavy atom. The van der Waals surface area contributed by atoms with E-state index in [0.29, 0.717) is 32.7 Å². The fourth-order valence-electron chi connectivity index (χ4n) is 3.05. The molecule has 7 heteroatoms. The van der Waals surface area contributed by atoms with Crippen molar-refractivity contribution in [2.75, 3.05) is 45.9 Å². The van der Waals surface area contributed by atoms with E-state index in [1.807, 2.05) is 12.1 Å². The summed E-state index contributed by atoms with van der Waals surface area (Å²) < 4.78 is 5.80. The lowest BCUT2D eigenvalue weighted by Crippen LogP contribution is -2.35. The van der Waals surface area contributed by atoms with Crippen molar-refractivity contribution in [2.24, 2.45) is 0 Å². The Labute approximate surface area is 161 Å². The standard InChI is InChI=1S/C20H33N3O4/c24-13-10-21-9-5-20(26)22-8-2-14-27-19-4-1-3-17(15-19)16-23-11-6-18(25)7-12-23/h1,3-4,15,18,21,24-25H,2,5-14,16H2,(H,22,26). The molecule has 1 aromatic rings. The lowest BCUT2D eigenvalue weighted by molar-refractivity contribution is -0.121. The Bertz CT molecular complexity index is 548. The van der Waals surface area contributed by atoms with Gasteiger partial charge in [0.05, 0.1) is 19.3 Å². The molecule has 1 saturated heterocycles. The van der Waals surface area contributed by atoms with Crippen LogP contribution in [0.4, 0.5) is 0 Å². The van der Waals surface area contributed by atoms with Crippen LogP contribution in [0.2, 0.25) is 0 Å². The molecule has 0 spiro atoms. The summed E-state index contributed by atoms with van der Waals surface area (Å²) in [5.41, 5.74) is 1.22. The quantitative estimate of drug-likeness (QED) is 0.395. The van der Waals surface area contributed by atoms with E-state index in [-0.39, 0.29) is 18.6 Å². The smallest absolute Gasteiger partial charge is 0.221 e. The van der Waals surface area contributed by atoms with E-state index in [2.05, 4.69) is 27.7 Å². The van der Waals surface area contributed by atoms with Crippen molar-refractivity contribution in [1.82, 2.24) is 15.5 Å². The minimum absolute atomic E-state index is 0.00841. The largest absolute Gasteiger partial charge is 0.494 e. The van der Waals surface area contributed by atoms with Crippen molar-refractivity contribution >= 4 is 5.91 Å². The van der Waals surface area contributed by atoms with Crippen molar-refractivity contribution in [3.63, 3.8) is 0 Å². The predicted octanol–water partition coefficient (Wildman–Crippen LogP) is 0.500.